The molecule has 1 aromatic rings. The van der Waals surface area contributed by atoms with Crippen LogP contribution >= 0.6 is 0 Å². The van der Waals surface area contributed by atoms with Crippen LogP contribution in [0.15, 0.2) is 30.3 Å². The Morgan fingerprint density at radius 1 is 1.17 bits per heavy atom. The van der Waals surface area contributed by atoms with E-state index in [2.05, 4.69) is 10.6 Å². The number of carbonyl (C=O) groups excluding carboxylic acids is 1. The molecule has 0 spiro atoms. The van der Waals surface area contributed by atoms with E-state index in [9.17, 15) is 14.7 Å². The van der Waals surface area contributed by atoms with Gasteiger partial charge in [0.25, 0.3) is 0 Å². The highest BCUT2D eigenvalue weighted by Crippen LogP contribution is 2.23. The molecule has 132 valence electrons. The molecule has 0 heterocycles. The topological polar surface area (TPSA) is 87.7 Å². The highest BCUT2D eigenvalue weighted by atomic mass is 16.6. The number of nitrogens with one attached hydrogen (secondary N) is 2. The van der Waals surface area contributed by atoms with E-state index < -0.39 is 23.7 Å². The third kappa shape index (κ3) is 5.53. The maximum absolute atomic E-state index is 11.8. The van der Waals surface area contributed by atoms with Crippen LogP contribution in [0, 0.1) is 0 Å². The minimum Gasteiger partial charge on any atom is -0.480 e. The summed E-state index contributed by atoms with van der Waals surface area (Å²) in [6, 6.07) is 8.43. The van der Waals surface area contributed by atoms with Crippen LogP contribution in [-0.4, -0.2) is 34.9 Å². The van der Waals surface area contributed by atoms with Gasteiger partial charge in [-0.05, 0) is 45.6 Å². The summed E-state index contributed by atoms with van der Waals surface area (Å²) < 4.78 is 5.26. The Kier molecular flexibility index (Phi) is 5.83. The van der Waals surface area contributed by atoms with Gasteiger partial charge in [-0.2, -0.15) is 0 Å². The van der Waals surface area contributed by atoms with Crippen molar-refractivity contribution in [2.75, 3.05) is 0 Å². The standard InChI is InChI=1S/C18H26N2O4/c1-18(2,3)24-17(23)20-14-10-9-13(11-14)19-15(16(21)22)12-7-5-4-6-8-12/h4-8,13-15,19H,9-11H2,1-3H3,(H,20,23)(H,21,22). The van der Waals surface area contributed by atoms with Gasteiger partial charge in [-0.3, -0.25) is 10.1 Å². The number of carboxylic acids is 1. The molecule has 6 heteroatoms. The minimum absolute atomic E-state index is 0.00238. The predicted octanol–water partition coefficient (Wildman–Crippen LogP) is 2.85. The molecular formula is C18H26N2O4. The third-order valence-electron chi connectivity index (χ3n) is 3.94. The van der Waals surface area contributed by atoms with Crippen LogP contribution in [0.5, 0.6) is 0 Å². The summed E-state index contributed by atoms with van der Waals surface area (Å²) in [5.74, 6) is -0.898. The average molecular weight is 334 g/mol. The molecule has 1 aliphatic rings. The first-order valence-electron chi connectivity index (χ1n) is 8.28. The molecule has 0 bridgehead atoms. The second kappa shape index (κ2) is 7.66. The van der Waals surface area contributed by atoms with Crippen molar-refractivity contribution in [3.8, 4) is 0 Å². The Morgan fingerprint density at radius 3 is 2.38 bits per heavy atom. The number of aliphatic carboxylic acids is 1. The first-order chi connectivity index (χ1) is 11.2. The van der Waals surface area contributed by atoms with Crippen molar-refractivity contribution in [1.29, 1.82) is 0 Å². The highest BCUT2D eigenvalue weighted by Gasteiger charge is 2.31. The molecule has 1 saturated carbocycles. The lowest BCUT2D eigenvalue weighted by Gasteiger charge is -2.22. The molecular weight excluding hydrogens is 308 g/mol. The first-order valence-corrected chi connectivity index (χ1v) is 8.28. The molecule has 1 aliphatic carbocycles. The van der Waals surface area contributed by atoms with Crippen molar-refractivity contribution in [2.45, 2.75) is 63.8 Å². The van der Waals surface area contributed by atoms with E-state index in [4.69, 9.17) is 4.74 Å². The van der Waals surface area contributed by atoms with Gasteiger partial charge in [0.1, 0.15) is 11.6 Å². The SMILES string of the molecule is CC(C)(C)OC(=O)NC1CCC(NC(C(=O)O)c2ccccc2)C1. The van der Waals surface area contributed by atoms with Gasteiger partial charge in [0.15, 0.2) is 0 Å². The first kappa shape index (κ1) is 18.3. The largest absolute Gasteiger partial charge is 0.480 e. The van der Waals surface area contributed by atoms with Crippen molar-refractivity contribution in [2.24, 2.45) is 0 Å². The summed E-state index contributed by atoms with van der Waals surface area (Å²) in [5.41, 5.74) is 0.204. The zero-order valence-electron chi connectivity index (χ0n) is 14.4. The summed E-state index contributed by atoms with van der Waals surface area (Å²) in [4.78, 5) is 23.4. The van der Waals surface area contributed by atoms with Crippen LogP contribution in [0.3, 0.4) is 0 Å². The molecule has 0 aromatic heterocycles. The molecule has 0 saturated heterocycles. The number of carbonyl (C=O) groups is 2. The molecule has 24 heavy (non-hydrogen) atoms. The second-order valence-electron chi connectivity index (χ2n) is 7.20. The van der Waals surface area contributed by atoms with Gasteiger partial charge >= 0.3 is 12.1 Å². The zero-order chi connectivity index (χ0) is 17.7. The molecule has 1 amide bonds. The van der Waals surface area contributed by atoms with E-state index in [-0.39, 0.29) is 12.1 Å². The number of hydrogen-bond donors (Lipinski definition) is 3. The van der Waals surface area contributed by atoms with Crippen LogP contribution < -0.4 is 10.6 Å². The molecule has 2 rings (SSSR count). The lowest BCUT2D eigenvalue weighted by Crippen LogP contribution is -2.40. The monoisotopic (exact) mass is 334 g/mol. The number of ether oxygens (including phenoxy) is 1. The lowest BCUT2D eigenvalue weighted by atomic mass is 10.1. The normalized spacial score (nSPS) is 22.0. The van der Waals surface area contributed by atoms with E-state index >= 15 is 0 Å². The highest BCUT2D eigenvalue weighted by molar-refractivity contribution is 5.75. The Labute approximate surface area is 142 Å². The molecule has 0 aliphatic heterocycles. The maximum Gasteiger partial charge on any atom is 0.407 e. The molecule has 6 nitrogen and oxygen atoms in total. The van der Waals surface area contributed by atoms with E-state index in [1.54, 1.807) is 12.1 Å². The van der Waals surface area contributed by atoms with Crippen LogP contribution in [0.25, 0.3) is 0 Å². The molecule has 3 unspecified atom stereocenters. The van der Waals surface area contributed by atoms with E-state index in [1.165, 1.54) is 0 Å². The lowest BCUT2D eigenvalue weighted by molar-refractivity contribution is -0.139. The summed E-state index contributed by atoms with van der Waals surface area (Å²) >= 11 is 0. The van der Waals surface area contributed by atoms with Crippen molar-refractivity contribution in [1.82, 2.24) is 10.6 Å². The third-order valence-corrected chi connectivity index (χ3v) is 3.94. The zero-order valence-corrected chi connectivity index (χ0v) is 14.4. The van der Waals surface area contributed by atoms with Gasteiger partial charge in [0, 0.05) is 12.1 Å². The van der Waals surface area contributed by atoms with Gasteiger partial charge in [-0.1, -0.05) is 30.3 Å². The summed E-state index contributed by atoms with van der Waals surface area (Å²) in [5, 5.41) is 15.5. The Bertz CT molecular complexity index is 568. The van der Waals surface area contributed by atoms with Gasteiger partial charge in [-0.25, -0.2) is 4.79 Å². The predicted molar refractivity (Wildman–Crippen MR) is 90.8 cm³/mol. The van der Waals surface area contributed by atoms with E-state index in [0.29, 0.717) is 6.42 Å². The van der Waals surface area contributed by atoms with Crippen molar-refractivity contribution >= 4 is 12.1 Å². The molecule has 1 fully saturated rings. The summed E-state index contributed by atoms with van der Waals surface area (Å²) in [6.07, 6.45) is 1.89. The van der Waals surface area contributed by atoms with Crippen LogP contribution in [0.4, 0.5) is 4.79 Å². The molecule has 3 atom stereocenters. The molecule has 0 radical (unpaired) electrons. The summed E-state index contributed by atoms with van der Waals surface area (Å²) in [7, 11) is 0. The van der Waals surface area contributed by atoms with Crippen molar-refractivity contribution < 1.29 is 19.4 Å². The number of rotatable bonds is 5. The number of amides is 1. The van der Waals surface area contributed by atoms with Crippen molar-refractivity contribution in [3.63, 3.8) is 0 Å². The number of hydrogen-bond acceptors (Lipinski definition) is 4. The fourth-order valence-electron chi connectivity index (χ4n) is 2.93. The Morgan fingerprint density at radius 2 is 1.79 bits per heavy atom. The van der Waals surface area contributed by atoms with E-state index in [0.717, 1.165) is 18.4 Å². The fourth-order valence-corrected chi connectivity index (χ4v) is 2.93. The number of benzene rings is 1. The number of alkyl carbamates (subject to hydrolysis) is 1. The fraction of sp³-hybridized carbons (Fsp3) is 0.556. The smallest absolute Gasteiger partial charge is 0.407 e. The maximum atomic E-state index is 11.8. The quantitative estimate of drug-likeness (QED) is 0.771. The van der Waals surface area contributed by atoms with Gasteiger partial charge < -0.3 is 15.2 Å². The minimum atomic E-state index is -0.898. The second-order valence-corrected chi connectivity index (χ2v) is 7.20. The van der Waals surface area contributed by atoms with Gasteiger partial charge in [0.05, 0.1) is 0 Å². The molecule has 3 N–H and O–H groups in total. The van der Waals surface area contributed by atoms with Crippen LogP contribution in [0.2, 0.25) is 0 Å². The summed E-state index contributed by atoms with van der Waals surface area (Å²) in [6.45, 7) is 5.47. The van der Waals surface area contributed by atoms with Crippen LogP contribution in [0.1, 0.15) is 51.6 Å². The van der Waals surface area contributed by atoms with Crippen molar-refractivity contribution in [3.05, 3.63) is 35.9 Å². The van der Waals surface area contributed by atoms with Gasteiger partial charge in [0.2, 0.25) is 0 Å². The average Bonchev–Trinajstić information content (AvgIpc) is 2.90. The van der Waals surface area contributed by atoms with Gasteiger partial charge in [-0.15, -0.1) is 0 Å². The van der Waals surface area contributed by atoms with E-state index in [1.807, 2.05) is 39.0 Å². The number of carboxylic acid groups (broad SMARTS) is 1. The molecule has 1 aromatic carbocycles. The Hall–Kier alpha value is -2.08. The Balaban J connectivity index is 1.88. The van der Waals surface area contributed by atoms with Crippen LogP contribution in [-0.2, 0) is 9.53 Å².